The molecule has 1 fully saturated rings. The quantitative estimate of drug-likeness (QED) is 0.789. The van der Waals surface area contributed by atoms with Gasteiger partial charge in [-0.2, -0.15) is 0 Å². The Balaban J connectivity index is 1.90. The van der Waals surface area contributed by atoms with Crippen LogP contribution in [-0.4, -0.2) is 35.2 Å². The summed E-state index contributed by atoms with van der Waals surface area (Å²) in [6.45, 7) is 5.76. The second-order valence-electron chi connectivity index (χ2n) is 7.26. The third kappa shape index (κ3) is 5.49. The number of carboxylic acids is 1. The summed E-state index contributed by atoms with van der Waals surface area (Å²) in [5, 5.41) is 11.7. The average Bonchev–Trinajstić information content (AvgIpc) is 3.25. The summed E-state index contributed by atoms with van der Waals surface area (Å²) in [7, 11) is 0. The number of hydrogen-bond acceptors (Lipinski definition) is 3. The normalized spacial score (nSPS) is 20.8. The number of hydrogen-bond donors (Lipinski definition) is 2. The Hall–Kier alpha value is -2.02. The van der Waals surface area contributed by atoms with Gasteiger partial charge < -0.3 is 15.2 Å². The number of aliphatic carboxylic acids is 1. The highest BCUT2D eigenvalue weighted by molar-refractivity contribution is 5.87. The summed E-state index contributed by atoms with van der Waals surface area (Å²) >= 11 is 0. The van der Waals surface area contributed by atoms with E-state index < -0.39 is 41.1 Å². The predicted molar refractivity (Wildman–Crippen MR) is 87.1 cm³/mol. The number of carbonyl (C=O) groups is 2. The van der Waals surface area contributed by atoms with Crippen LogP contribution < -0.4 is 5.32 Å². The fourth-order valence-electron chi connectivity index (χ4n) is 2.65. The maximum atomic E-state index is 13.8. The first-order valence-electron chi connectivity index (χ1n) is 8.20. The number of rotatable bonds is 7. The second kappa shape index (κ2) is 7.47. The number of carbonyl (C=O) groups excluding carboxylic acids is 1. The van der Waals surface area contributed by atoms with Crippen molar-refractivity contribution >= 4 is 11.9 Å². The van der Waals surface area contributed by atoms with Crippen molar-refractivity contribution < 1.29 is 28.2 Å². The molecule has 1 aromatic carbocycles. The molecular formula is C18H23F2NO4. The molecule has 0 radical (unpaired) electrons. The lowest BCUT2D eigenvalue weighted by molar-refractivity contribution is -0.143. The fraction of sp³-hybridized carbons (Fsp3) is 0.556. The minimum atomic E-state index is -1.14. The highest BCUT2D eigenvalue weighted by Gasteiger charge is 2.46. The van der Waals surface area contributed by atoms with Gasteiger partial charge in [0.05, 0.1) is 5.60 Å². The van der Waals surface area contributed by atoms with Gasteiger partial charge in [0.2, 0.25) is 5.91 Å². The van der Waals surface area contributed by atoms with Gasteiger partial charge in [-0.15, -0.1) is 0 Å². The summed E-state index contributed by atoms with van der Waals surface area (Å²) in [4.78, 5) is 23.5. The Bertz CT molecular complexity index is 657. The number of nitrogens with one attached hydrogen (secondary N) is 1. The van der Waals surface area contributed by atoms with Gasteiger partial charge in [-0.1, -0.05) is 6.07 Å². The van der Waals surface area contributed by atoms with E-state index in [9.17, 15) is 23.5 Å². The van der Waals surface area contributed by atoms with E-state index in [1.54, 1.807) is 0 Å². The van der Waals surface area contributed by atoms with E-state index in [2.05, 4.69) is 5.32 Å². The fourth-order valence-corrected chi connectivity index (χ4v) is 2.65. The van der Waals surface area contributed by atoms with E-state index >= 15 is 0 Å². The summed E-state index contributed by atoms with van der Waals surface area (Å²) in [6.07, 6.45) is 0.555. The van der Waals surface area contributed by atoms with Crippen LogP contribution in [0.5, 0.6) is 0 Å². The largest absolute Gasteiger partial charge is 0.480 e. The van der Waals surface area contributed by atoms with E-state index in [-0.39, 0.29) is 24.5 Å². The SMILES string of the molecule is CC(C)(C)OCCC(NC(=O)C1CC1c1ccc(F)cc1F)C(=O)O. The average molecular weight is 355 g/mol. The van der Waals surface area contributed by atoms with Crippen molar-refractivity contribution in [3.8, 4) is 0 Å². The molecule has 0 aromatic heterocycles. The van der Waals surface area contributed by atoms with Crippen LogP contribution in [0.1, 0.15) is 45.1 Å². The van der Waals surface area contributed by atoms with Gasteiger partial charge in [0.15, 0.2) is 0 Å². The van der Waals surface area contributed by atoms with Crippen molar-refractivity contribution in [1.29, 1.82) is 0 Å². The van der Waals surface area contributed by atoms with Gasteiger partial charge in [0, 0.05) is 25.0 Å². The summed E-state index contributed by atoms with van der Waals surface area (Å²) in [5.41, 5.74) is -0.112. The molecule has 25 heavy (non-hydrogen) atoms. The zero-order valence-electron chi connectivity index (χ0n) is 14.5. The van der Waals surface area contributed by atoms with Gasteiger partial charge in [0.1, 0.15) is 17.7 Å². The van der Waals surface area contributed by atoms with E-state index in [0.717, 1.165) is 12.1 Å². The van der Waals surface area contributed by atoms with Crippen molar-refractivity contribution in [3.05, 3.63) is 35.4 Å². The summed E-state index contributed by atoms with van der Waals surface area (Å²) < 4.78 is 32.2. The molecular weight excluding hydrogens is 332 g/mol. The molecule has 5 nitrogen and oxygen atoms in total. The lowest BCUT2D eigenvalue weighted by atomic mass is 10.1. The second-order valence-corrected chi connectivity index (χ2v) is 7.26. The smallest absolute Gasteiger partial charge is 0.326 e. The third-order valence-corrected chi connectivity index (χ3v) is 4.05. The van der Waals surface area contributed by atoms with Crippen LogP contribution in [-0.2, 0) is 14.3 Å². The first-order valence-corrected chi connectivity index (χ1v) is 8.20. The minimum absolute atomic E-state index is 0.140. The van der Waals surface area contributed by atoms with E-state index in [1.807, 2.05) is 20.8 Å². The van der Waals surface area contributed by atoms with Crippen molar-refractivity contribution in [2.75, 3.05) is 6.61 Å². The van der Waals surface area contributed by atoms with Crippen LogP contribution in [0.3, 0.4) is 0 Å². The maximum absolute atomic E-state index is 13.8. The number of carboxylic acid groups (broad SMARTS) is 1. The Kier molecular flexibility index (Phi) is 5.77. The Labute approximate surface area is 145 Å². The maximum Gasteiger partial charge on any atom is 0.326 e. The van der Waals surface area contributed by atoms with Crippen molar-refractivity contribution in [1.82, 2.24) is 5.32 Å². The molecule has 0 heterocycles. The van der Waals surface area contributed by atoms with Crippen LogP contribution in [0.15, 0.2) is 18.2 Å². The molecule has 138 valence electrons. The van der Waals surface area contributed by atoms with Gasteiger partial charge in [0.25, 0.3) is 0 Å². The molecule has 0 saturated heterocycles. The zero-order valence-corrected chi connectivity index (χ0v) is 14.5. The Morgan fingerprint density at radius 3 is 2.60 bits per heavy atom. The molecule has 1 aliphatic rings. The number of halogens is 2. The first kappa shape index (κ1) is 19.3. The Morgan fingerprint density at radius 2 is 2.04 bits per heavy atom. The van der Waals surface area contributed by atoms with Crippen molar-refractivity contribution in [2.24, 2.45) is 5.92 Å². The highest BCUT2D eigenvalue weighted by atomic mass is 19.1. The lowest BCUT2D eigenvalue weighted by Crippen LogP contribution is -2.42. The first-order chi connectivity index (χ1) is 11.6. The van der Waals surface area contributed by atoms with Gasteiger partial charge in [-0.05, 0) is 44.7 Å². The van der Waals surface area contributed by atoms with Crippen LogP contribution in [0.2, 0.25) is 0 Å². The molecule has 1 aromatic rings. The monoisotopic (exact) mass is 355 g/mol. The molecule has 1 aliphatic carbocycles. The van der Waals surface area contributed by atoms with Gasteiger partial charge in [-0.3, -0.25) is 4.79 Å². The van der Waals surface area contributed by atoms with E-state index in [0.29, 0.717) is 6.42 Å². The predicted octanol–water partition coefficient (Wildman–Crippen LogP) is 2.84. The number of benzene rings is 1. The molecule has 0 aliphatic heterocycles. The highest BCUT2D eigenvalue weighted by Crippen LogP contribution is 2.48. The van der Waals surface area contributed by atoms with Gasteiger partial charge >= 0.3 is 5.97 Å². The van der Waals surface area contributed by atoms with E-state index in [1.165, 1.54) is 6.07 Å². The molecule has 0 spiro atoms. The number of amides is 1. The molecule has 2 rings (SSSR count). The lowest BCUT2D eigenvalue weighted by Gasteiger charge is -2.21. The zero-order chi connectivity index (χ0) is 18.8. The van der Waals surface area contributed by atoms with Crippen LogP contribution in [0.4, 0.5) is 8.78 Å². The molecule has 7 heteroatoms. The van der Waals surface area contributed by atoms with Gasteiger partial charge in [-0.25, -0.2) is 13.6 Å². The topological polar surface area (TPSA) is 75.6 Å². The molecule has 1 amide bonds. The third-order valence-electron chi connectivity index (χ3n) is 4.05. The minimum Gasteiger partial charge on any atom is -0.480 e. The Morgan fingerprint density at radius 1 is 1.36 bits per heavy atom. The van der Waals surface area contributed by atoms with Crippen molar-refractivity contribution in [3.63, 3.8) is 0 Å². The number of ether oxygens (including phenoxy) is 1. The van der Waals surface area contributed by atoms with Crippen LogP contribution in [0.25, 0.3) is 0 Å². The molecule has 1 saturated carbocycles. The van der Waals surface area contributed by atoms with E-state index in [4.69, 9.17) is 4.74 Å². The summed E-state index contributed by atoms with van der Waals surface area (Å²) in [5.74, 6) is -3.78. The molecule has 3 atom stereocenters. The standard InChI is InChI=1S/C18H23F2NO4/c1-18(2,3)25-7-6-15(17(23)24)21-16(22)13-9-12(13)11-5-4-10(19)8-14(11)20/h4-5,8,12-13,15H,6-7,9H2,1-3H3,(H,21,22)(H,23,24). The molecule has 3 unspecified atom stereocenters. The molecule has 0 bridgehead atoms. The van der Waals surface area contributed by atoms with Crippen LogP contribution in [0, 0.1) is 17.6 Å². The van der Waals surface area contributed by atoms with Crippen molar-refractivity contribution in [2.45, 2.75) is 51.2 Å². The summed E-state index contributed by atoms with van der Waals surface area (Å²) in [6, 6.07) is 2.20. The van der Waals surface area contributed by atoms with Crippen LogP contribution >= 0.6 is 0 Å². The molecule has 2 N–H and O–H groups in total.